The summed E-state index contributed by atoms with van der Waals surface area (Å²) in [6.07, 6.45) is 0. The van der Waals surface area contributed by atoms with Crippen LogP contribution in [-0.4, -0.2) is 54.6 Å². The zero-order chi connectivity index (χ0) is 22.4. The summed E-state index contributed by atoms with van der Waals surface area (Å²) in [6, 6.07) is 14.7. The van der Waals surface area contributed by atoms with Gasteiger partial charge in [0, 0.05) is 25.3 Å². The first kappa shape index (κ1) is 22.9. The molecule has 0 aliphatic rings. The van der Waals surface area contributed by atoms with E-state index in [9.17, 15) is 18.0 Å². The number of aromatic nitrogens is 2. The van der Waals surface area contributed by atoms with Crippen LogP contribution in [-0.2, 0) is 14.8 Å². The Hall–Kier alpha value is -2.80. The molecule has 9 nitrogen and oxygen atoms in total. The third-order valence-corrected chi connectivity index (χ3v) is 7.71. The van der Waals surface area contributed by atoms with Crippen LogP contribution in [0.2, 0.25) is 0 Å². The van der Waals surface area contributed by atoms with Gasteiger partial charge in [-0.15, -0.1) is 10.2 Å². The Morgan fingerprint density at radius 1 is 1.00 bits per heavy atom. The molecule has 0 saturated carbocycles. The van der Waals surface area contributed by atoms with E-state index in [4.69, 9.17) is 0 Å². The fraction of sp³-hybridized carbons (Fsp3) is 0.158. The number of carbonyl (C=O) groups is 2. The number of para-hydroxylation sites is 1. The molecule has 0 saturated heterocycles. The van der Waals surface area contributed by atoms with Gasteiger partial charge in [-0.3, -0.25) is 14.9 Å². The van der Waals surface area contributed by atoms with E-state index >= 15 is 0 Å². The Morgan fingerprint density at radius 2 is 1.68 bits per heavy atom. The van der Waals surface area contributed by atoms with E-state index in [2.05, 4.69) is 20.8 Å². The molecule has 0 aliphatic heterocycles. The fourth-order valence-corrected chi connectivity index (χ4v) is 4.77. The van der Waals surface area contributed by atoms with Crippen molar-refractivity contribution < 1.29 is 18.0 Å². The van der Waals surface area contributed by atoms with Crippen molar-refractivity contribution in [3.8, 4) is 0 Å². The van der Waals surface area contributed by atoms with Crippen molar-refractivity contribution in [1.29, 1.82) is 0 Å². The van der Waals surface area contributed by atoms with Gasteiger partial charge in [0.1, 0.15) is 0 Å². The van der Waals surface area contributed by atoms with Crippen molar-refractivity contribution in [1.82, 2.24) is 14.5 Å². The SMILES string of the molecule is CN(C)S(=O)(=O)c1ccc(C(=O)Nc2nnc(SCC(=O)Nc3ccccc3)s2)cc1. The lowest BCUT2D eigenvalue weighted by Crippen LogP contribution is -2.22. The van der Waals surface area contributed by atoms with Crippen LogP contribution in [0.4, 0.5) is 10.8 Å². The summed E-state index contributed by atoms with van der Waals surface area (Å²) in [6.45, 7) is 0. The number of benzene rings is 2. The maximum absolute atomic E-state index is 12.4. The zero-order valence-corrected chi connectivity index (χ0v) is 19.1. The van der Waals surface area contributed by atoms with Crippen molar-refractivity contribution in [3.63, 3.8) is 0 Å². The molecule has 3 rings (SSSR count). The summed E-state index contributed by atoms with van der Waals surface area (Å²) < 4.78 is 25.8. The highest BCUT2D eigenvalue weighted by atomic mass is 32.2. The number of carbonyl (C=O) groups excluding carboxylic acids is 2. The van der Waals surface area contributed by atoms with Crippen LogP contribution in [0.25, 0.3) is 0 Å². The number of nitrogens with one attached hydrogen (secondary N) is 2. The highest BCUT2D eigenvalue weighted by Gasteiger charge is 2.18. The molecule has 0 atom stereocenters. The molecule has 0 radical (unpaired) electrons. The first-order chi connectivity index (χ1) is 14.8. The summed E-state index contributed by atoms with van der Waals surface area (Å²) in [4.78, 5) is 24.5. The molecule has 0 bridgehead atoms. The summed E-state index contributed by atoms with van der Waals surface area (Å²) in [5.41, 5.74) is 0.993. The number of rotatable bonds is 8. The van der Waals surface area contributed by atoms with Crippen LogP contribution in [0.15, 0.2) is 63.8 Å². The van der Waals surface area contributed by atoms with E-state index in [0.29, 0.717) is 10.0 Å². The summed E-state index contributed by atoms with van der Waals surface area (Å²) in [5, 5.41) is 13.5. The quantitative estimate of drug-likeness (QED) is 0.378. The molecule has 2 N–H and O–H groups in total. The largest absolute Gasteiger partial charge is 0.325 e. The van der Waals surface area contributed by atoms with Gasteiger partial charge in [-0.1, -0.05) is 41.3 Å². The molecule has 2 amide bonds. The van der Waals surface area contributed by atoms with E-state index in [1.54, 1.807) is 12.1 Å². The number of thioether (sulfide) groups is 1. The molecule has 1 aromatic heterocycles. The van der Waals surface area contributed by atoms with Crippen LogP contribution in [0.5, 0.6) is 0 Å². The van der Waals surface area contributed by atoms with Crippen LogP contribution in [0, 0.1) is 0 Å². The lowest BCUT2D eigenvalue weighted by Gasteiger charge is -2.11. The number of amides is 2. The molecule has 2 aromatic carbocycles. The molecule has 162 valence electrons. The number of anilines is 2. The maximum atomic E-state index is 12.4. The molecule has 0 fully saturated rings. The van der Waals surface area contributed by atoms with Gasteiger partial charge < -0.3 is 5.32 Å². The molecule has 0 spiro atoms. The molecular formula is C19H19N5O4S3. The zero-order valence-electron chi connectivity index (χ0n) is 16.6. The van der Waals surface area contributed by atoms with Crippen LogP contribution < -0.4 is 10.6 Å². The predicted molar refractivity (Wildman–Crippen MR) is 121 cm³/mol. The highest BCUT2D eigenvalue weighted by Crippen LogP contribution is 2.26. The van der Waals surface area contributed by atoms with Crippen molar-refractivity contribution in [2.75, 3.05) is 30.5 Å². The number of hydrogen-bond acceptors (Lipinski definition) is 8. The Kier molecular flexibility index (Phi) is 7.38. The highest BCUT2D eigenvalue weighted by molar-refractivity contribution is 8.01. The minimum atomic E-state index is -3.56. The first-order valence-electron chi connectivity index (χ1n) is 8.91. The number of sulfonamides is 1. The monoisotopic (exact) mass is 477 g/mol. The third kappa shape index (κ3) is 6.10. The average Bonchev–Trinajstić information content (AvgIpc) is 3.20. The van der Waals surface area contributed by atoms with Crippen molar-refractivity contribution in [2.24, 2.45) is 0 Å². The second kappa shape index (κ2) is 10.0. The van der Waals surface area contributed by atoms with E-state index < -0.39 is 15.9 Å². The number of hydrogen-bond donors (Lipinski definition) is 2. The van der Waals surface area contributed by atoms with Gasteiger partial charge in [-0.25, -0.2) is 12.7 Å². The van der Waals surface area contributed by atoms with Crippen molar-refractivity contribution in [2.45, 2.75) is 9.24 Å². The summed E-state index contributed by atoms with van der Waals surface area (Å²) in [7, 11) is -0.689. The van der Waals surface area contributed by atoms with Gasteiger partial charge in [0.2, 0.25) is 21.1 Å². The standard InChI is InChI=1S/C19H19N5O4S3/c1-24(2)31(27,28)15-10-8-13(9-11-15)17(26)21-18-22-23-19(30-18)29-12-16(25)20-14-6-4-3-5-7-14/h3-11H,12H2,1-2H3,(H,20,25)(H,21,22,26). The second-order valence-electron chi connectivity index (χ2n) is 6.34. The van der Waals surface area contributed by atoms with Gasteiger partial charge >= 0.3 is 0 Å². The molecular weight excluding hydrogens is 458 g/mol. The van der Waals surface area contributed by atoms with Crippen LogP contribution in [0.1, 0.15) is 10.4 Å². The molecule has 3 aromatic rings. The predicted octanol–water partition coefficient (Wildman–Crippen LogP) is 2.77. The van der Waals surface area contributed by atoms with Crippen molar-refractivity contribution in [3.05, 3.63) is 60.2 Å². The average molecular weight is 478 g/mol. The third-order valence-electron chi connectivity index (χ3n) is 3.91. The Bertz CT molecular complexity index is 1160. The fourth-order valence-electron chi connectivity index (χ4n) is 2.32. The van der Waals surface area contributed by atoms with E-state index in [1.807, 2.05) is 18.2 Å². The van der Waals surface area contributed by atoms with E-state index in [-0.39, 0.29) is 27.3 Å². The summed E-state index contributed by atoms with van der Waals surface area (Å²) in [5.74, 6) is -0.465. The first-order valence-corrected chi connectivity index (χ1v) is 12.1. The van der Waals surface area contributed by atoms with Gasteiger partial charge in [-0.2, -0.15) is 0 Å². The maximum Gasteiger partial charge on any atom is 0.257 e. The molecule has 12 heteroatoms. The van der Waals surface area contributed by atoms with Crippen LogP contribution >= 0.6 is 23.1 Å². The van der Waals surface area contributed by atoms with E-state index in [0.717, 1.165) is 15.6 Å². The normalized spacial score (nSPS) is 11.3. The molecule has 31 heavy (non-hydrogen) atoms. The number of nitrogens with zero attached hydrogens (tertiary/aromatic N) is 3. The summed E-state index contributed by atoms with van der Waals surface area (Å²) >= 11 is 2.35. The lowest BCUT2D eigenvalue weighted by atomic mass is 10.2. The van der Waals surface area contributed by atoms with Gasteiger partial charge in [0.25, 0.3) is 5.91 Å². The van der Waals surface area contributed by atoms with Crippen molar-refractivity contribution >= 4 is 55.8 Å². The Morgan fingerprint density at radius 3 is 2.32 bits per heavy atom. The van der Waals surface area contributed by atoms with Gasteiger partial charge in [0.15, 0.2) is 4.34 Å². The molecule has 0 unspecified atom stereocenters. The topological polar surface area (TPSA) is 121 Å². The smallest absolute Gasteiger partial charge is 0.257 e. The van der Waals surface area contributed by atoms with Gasteiger partial charge in [0.05, 0.1) is 10.6 Å². The lowest BCUT2D eigenvalue weighted by molar-refractivity contribution is -0.113. The minimum absolute atomic E-state index is 0.0948. The Labute approximate surface area is 187 Å². The minimum Gasteiger partial charge on any atom is -0.325 e. The molecule has 0 aliphatic carbocycles. The second-order valence-corrected chi connectivity index (χ2v) is 10.7. The Balaban J connectivity index is 1.54. The van der Waals surface area contributed by atoms with E-state index in [1.165, 1.54) is 50.1 Å². The van der Waals surface area contributed by atoms with Crippen LogP contribution in [0.3, 0.4) is 0 Å². The van der Waals surface area contributed by atoms with Gasteiger partial charge in [-0.05, 0) is 36.4 Å². The molecule has 1 heterocycles.